The maximum absolute atomic E-state index is 13.2. The summed E-state index contributed by atoms with van der Waals surface area (Å²) in [7, 11) is 0. The van der Waals surface area contributed by atoms with E-state index in [1.165, 1.54) is 32.4 Å². The minimum Gasteiger partial charge on any atom is -0.326 e. The van der Waals surface area contributed by atoms with Gasteiger partial charge < -0.3 is 20.9 Å². The highest BCUT2D eigenvalue weighted by Crippen LogP contribution is 2.49. The van der Waals surface area contributed by atoms with Crippen LogP contribution in [0.15, 0.2) is 47.4 Å². The van der Waals surface area contributed by atoms with Crippen molar-refractivity contribution in [3.05, 3.63) is 53.1 Å². The second-order valence-electron chi connectivity index (χ2n) is 8.73. The molecule has 164 valence electrons. The third-order valence-electron chi connectivity index (χ3n) is 6.60. The molecule has 31 heavy (non-hydrogen) atoms. The SMILES string of the molecule is NCc1cccc(Cl)c1N1c2ccccc2SC1NC(=O)C1CC1CN1CCCCC1. The Morgan fingerprint density at radius 3 is 2.74 bits per heavy atom. The van der Waals surface area contributed by atoms with Crippen LogP contribution in [0.3, 0.4) is 0 Å². The summed E-state index contributed by atoms with van der Waals surface area (Å²) in [5.74, 6) is 0.757. The van der Waals surface area contributed by atoms with Gasteiger partial charge in [0.15, 0.2) is 5.50 Å². The predicted molar refractivity (Wildman–Crippen MR) is 128 cm³/mol. The number of piperidine rings is 1. The van der Waals surface area contributed by atoms with Gasteiger partial charge in [0.2, 0.25) is 5.91 Å². The Balaban J connectivity index is 1.33. The molecule has 3 N–H and O–H groups in total. The van der Waals surface area contributed by atoms with E-state index < -0.39 is 0 Å². The van der Waals surface area contributed by atoms with Gasteiger partial charge in [-0.25, -0.2) is 0 Å². The first kappa shape index (κ1) is 21.1. The molecule has 1 aliphatic carbocycles. The van der Waals surface area contributed by atoms with Crippen LogP contribution in [0.1, 0.15) is 31.2 Å². The number of halogens is 1. The number of nitrogens with one attached hydrogen (secondary N) is 1. The first-order chi connectivity index (χ1) is 15.2. The quantitative estimate of drug-likeness (QED) is 0.667. The standard InChI is InChI=1S/C24H29ClN4OS/c25-19-8-6-7-16(14-26)22(19)29-20-9-2-3-10-21(20)31-24(29)27-23(30)18-13-17(18)15-28-11-4-1-5-12-28/h2-3,6-10,17-18,24H,1,4-5,11-15,26H2,(H,27,30). The lowest BCUT2D eigenvalue weighted by Gasteiger charge is -2.30. The van der Waals surface area contributed by atoms with E-state index in [-0.39, 0.29) is 17.3 Å². The van der Waals surface area contributed by atoms with Gasteiger partial charge in [0.05, 0.1) is 16.4 Å². The Kier molecular flexibility index (Phi) is 6.15. The van der Waals surface area contributed by atoms with Crippen LogP contribution in [0, 0.1) is 11.8 Å². The minimum absolute atomic E-state index is 0.119. The number of rotatable bonds is 6. The second kappa shape index (κ2) is 9.02. The lowest BCUT2D eigenvalue weighted by molar-refractivity contribution is -0.122. The van der Waals surface area contributed by atoms with Gasteiger partial charge in [-0.3, -0.25) is 4.79 Å². The van der Waals surface area contributed by atoms with Gasteiger partial charge in [0.1, 0.15) is 0 Å². The van der Waals surface area contributed by atoms with Crippen molar-refractivity contribution in [2.45, 2.75) is 42.6 Å². The zero-order valence-electron chi connectivity index (χ0n) is 17.6. The smallest absolute Gasteiger partial charge is 0.225 e. The van der Waals surface area contributed by atoms with E-state index >= 15 is 0 Å². The molecule has 0 bridgehead atoms. The second-order valence-corrected chi connectivity index (χ2v) is 10.3. The van der Waals surface area contributed by atoms with Crippen LogP contribution in [0.2, 0.25) is 5.02 Å². The van der Waals surface area contributed by atoms with Gasteiger partial charge in [0, 0.05) is 23.9 Å². The van der Waals surface area contributed by atoms with E-state index in [2.05, 4.69) is 27.2 Å². The number of hydrogen-bond acceptors (Lipinski definition) is 5. The number of thioether (sulfide) groups is 1. The molecule has 3 unspecified atom stereocenters. The molecular weight excluding hydrogens is 428 g/mol. The first-order valence-corrected chi connectivity index (χ1v) is 12.5. The molecule has 1 saturated heterocycles. The summed E-state index contributed by atoms with van der Waals surface area (Å²) in [6, 6.07) is 14.0. The summed E-state index contributed by atoms with van der Waals surface area (Å²) in [6.45, 7) is 3.81. The molecule has 2 aromatic rings. The summed E-state index contributed by atoms with van der Waals surface area (Å²) in [4.78, 5) is 19.0. The Morgan fingerprint density at radius 1 is 1.13 bits per heavy atom. The number of carbonyl (C=O) groups excluding carboxylic acids is 1. The molecule has 2 fully saturated rings. The Morgan fingerprint density at radius 2 is 1.94 bits per heavy atom. The van der Waals surface area contributed by atoms with Crippen LogP contribution in [0.4, 0.5) is 11.4 Å². The lowest BCUT2D eigenvalue weighted by Crippen LogP contribution is -2.43. The maximum atomic E-state index is 13.2. The van der Waals surface area contributed by atoms with E-state index in [0.29, 0.717) is 17.5 Å². The maximum Gasteiger partial charge on any atom is 0.225 e. The average molecular weight is 457 g/mol. The molecule has 5 rings (SSSR count). The van der Waals surface area contributed by atoms with Gasteiger partial charge >= 0.3 is 0 Å². The number of hydrogen-bond donors (Lipinski definition) is 2. The fourth-order valence-corrected chi connectivity index (χ4v) is 6.32. The van der Waals surface area contributed by atoms with Crippen molar-refractivity contribution >= 4 is 40.6 Å². The highest BCUT2D eigenvalue weighted by Gasteiger charge is 2.45. The summed E-state index contributed by atoms with van der Waals surface area (Å²) in [6.07, 6.45) is 4.91. The Bertz CT molecular complexity index is 964. The molecule has 0 radical (unpaired) electrons. The summed E-state index contributed by atoms with van der Waals surface area (Å²) in [5.41, 5.74) is 8.72. The predicted octanol–water partition coefficient (Wildman–Crippen LogP) is 4.56. The average Bonchev–Trinajstić information content (AvgIpc) is 3.47. The van der Waals surface area contributed by atoms with Crippen molar-refractivity contribution < 1.29 is 4.79 Å². The molecule has 3 atom stereocenters. The monoisotopic (exact) mass is 456 g/mol. The highest BCUT2D eigenvalue weighted by atomic mass is 35.5. The number of benzene rings is 2. The first-order valence-electron chi connectivity index (χ1n) is 11.2. The fourth-order valence-electron chi connectivity index (χ4n) is 4.85. The zero-order chi connectivity index (χ0) is 21.4. The molecule has 2 aliphatic heterocycles. The van der Waals surface area contributed by atoms with Crippen molar-refractivity contribution in [2.24, 2.45) is 17.6 Å². The third kappa shape index (κ3) is 4.31. The summed E-state index contributed by atoms with van der Waals surface area (Å²) >= 11 is 8.30. The van der Waals surface area contributed by atoms with E-state index in [1.54, 1.807) is 11.8 Å². The van der Waals surface area contributed by atoms with Crippen molar-refractivity contribution in [1.29, 1.82) is 0 Å². The molecular formula is C24H29ClN4OS. The number of likely N-dealkylation sites (tertiary alicyclic amines) is 1. The Hall–Kier alpha value is -1.73. The molecule has 0 spiro atoms. The Labute approximate surface area is 193 Å². The molecule has 7 heteroatoms. The van der Waals surface area contributed by atoms with Crippen molar-refractivity contribution in [2.75, 3.05) is 24.5 Å². The van der Waals surface area contributed by atoms with E-state index in [0.717, 1.165) is 34.8 Å². The molecule has 0 aromatic heterocycles. The van der Waals surface area contributed by atoms with Crippen LogP contribution in [0.25, 0.3) is 0 Å². The lowest BCUT2D eigenvalue weighted by atomic mass is 10.1. The number of anilines is 2. The number of fused-ring (bicyclic) bond motifs is 1. The number of amides is 1. The number of nitrogens with zero attached hydrogens (tertiary/aromatic N) is 2. The van der Waals surface area contributed by atoms with Gasteiger partial charge in [-0.2, -0.15) is 0 Å². The zero-order valence-corrected chi connectivity index (χ0v) is 19.2. The van der Waals surface area contributed by atoms with Gasteiger partial charge in [-0.05, 0) is 62.0 Å². The van der Waals surface area contributed by atoms with Crippen LogP contribution >= 0.6 is 23.4 Å². The topological polar surface area (TPSA) is 61.6 Å². The third-order valence-corrected chi connectivity index (χ3v) is 8.05. The number of para-hydroxylation sites is 2. The minimum atomic E-state index is -0.230. The largest absolute Gasteiger partial charge is 0.326 e. The van der Waals surface area contributed by atoms with E-state index in [9.17, 15) is 4.79 Å². The van der Waals surface area contributed by atoms with Crippen LogP contribution in [0.5, 0.6) is 0 Å². The number of carbonyl (C=O) groups is 1. The molecule has 2 heterocycles. The van der Waals surface area contributed by atoms with E-state index in [1.807, 2.05) is 30.3 Å². The number of nitrogens with two attached hydrogens (primary N) is 1. The van der Waals surface area contributed by atoms with E-state index in [4.69, 9.17) is 17.3 Å². The van der Waals surface area contributed by atoms with Crippen molar-refractivity contribution in [3.63, 3.8) is 0 Å². The molecule has 5 nitrogen and oxygen atoms in total. The molecule has 1 saturated carbocycles. The fraction of sp³-hybridized carbons (Fsp3) is 0.458. The molecule has 1 amide bonds. The summed E-state index contributed by atoms with van der Waals surface area (Å²) < 4.78 is 0. The highest BCUT2D eigenvalue weighted by molar-refractivity contribution is 8.00. The molecule has 2 aromatic carbocycles. The van der Waals surface area contributed by atoms with Gasteiger partial charge in [-0.1, -0.05) is 54.0 Å². The van der Waals surface area contributed by atoms with Crippen molar-refractivity contribution in [1.82, 2.24) is 10.2 Å². The van der Waals surface area contributed by atoms with Gasteiger partial charge in [0.25, 0.3) is 0 Å². The van der Waals surface area contributed by atoms with Crippen LogP contribution < -0.4 is 16.0 Å². The van der Waals surface area contributed by atoms with Crippen molar-refractivity contribution in [3.8, 4) is 0 Å². The normalized spacial score (nSPS) is 25.4. The summed E-state index contributed by atoms with van der Waals surface area (Å²) in [5, 5.41) is 3.96. The molecule has 3 aliphatic rings. The van der Waals surface area contributed by atoms with Gasteiger partial charge in [-0.15, -0.1) is 0 Å². The van der Waals surface area contributed by atoms with Crippen LogP contribution in [-0.4, -0.2) is 35.9 Å². The van der Waals surface area contributed by atoms with Crippen LogP contribution in [-0.2, 0) is 11.3 Å².